The molecular formula is C6H3F3O4. The molecule has 1 aliphatic carbocycles. The zero-order valence-electron chi connectivity index (χ0n) is 5.96. The third-order valence-electron chi connectivity index (χ3n) is 1.67. The van der Waals surface area contributed by atoms with Gasteiger partial charge in [0.1, 0.15) is 6.10 Å². The summed E-state index contributed by atoms with van der Waals surface area (Å²) in [4.78, 5) is 31.4. The van der Waals surface area contributed by atoms with Crippen molar-refractivity contribution in [2.24, 2.45) is 5.92 Å². The summed E-state index contributed by atoms with van der Waals surface area (Å²) in [5, 5.41) is 8.62. The molecule has 0 aromatic heterocycles. The van der Waals surface area contributed by atoms with Crippen molar-refractivity contribution in [3.05, 3.63) is 0 Å². The van der Waals surface area contributed by atoms with Crippen LogP contribution in [0.1, 0.15) is 0 Å². The molecule has 13 heavy (non-hydrogen) atoms. The summed E-state index contributed by atoms with van der Waals surface area (Å²) in [6, 6.07) is 0. The Morgan fingerprint density at radius 1 is 1.08 bits per heavy atom. The minimum absolute atomic E-state index is 1.69. The van der Waals surface area contributed by atoms with E-state index in [1.165, 1.54) is 0 Å². The van der Waals surface area contributed by atoms with Crippen molar-refractivity contribution < 1.29 is 32.7 Å². The molecule has 0 aromatic rings. The van der Waals surface area contributed by atoms with E-state index in [0.29, 0.717) is 0 Å². The first-order chi connectivity index (χ1) is 5.76. The highest BCUT2D eigenvalue weighted by atomic mass is 19.4. The van der Waals surface area contributed by atoms with Gasteiger partial charge in [-0.2, -0.15) is 13.2 Å². The highest BCUT2D eigenvalue weighted by Crippen LogP contribution is 2.33. The molecule has 1 saturated carbocycles. The van der Waals surface area contributed by atoms with Crippen LogP contribution in [0.3, 0.4) is 0 Å². The number of aliphatic hydroxyl groups excluding tert-OH is 1. The predicted octanol–water partition coefficient (Wildman–Crippen LogP) is -0.753. The second-order valence-corrected chi connectivity index (χ2v) is 2.52. The van der Waals surface area contributed by atoms with E-state index in [9.17, 15) is 27.6 Å². The molecule has 1 aliphatic rings. The Labute approximate surface area is 69.3 Å². The van der Waals surface area contributed by atoms with Gasteiger partial charge in [-0.3, -0.25) is 14.4 Å². The number of halogens is 3. The molecule has 1 N–H and O–H groups in total. The number of carbonyl (C=O) groups excluding carboxylic acids is 3. The molecule has 0 aromatic carbocycles. The van der Waals surface area contributed by atoms with Gasteiger partial charge in [-0.1, -0.05) is 0 Å². The van der Waals surface area contributed by atoms with Crippen LogP contribution < -0.4 is 0 Å². The molecule has 1 fully saturated rings. The summed E-state index contributed by atoms with van der Waals surface area (Å²) in [6.07, 6.45) is -7.63. The van der Waals surface area contributed by atoms with Gasteiger partial charge in [0.25, 0.3) is 5.78 Å². The minimum atomic E-state index is -5.06. The van der Waals surface area contributed by atoms with Crippen molar-refractivity contribution in [3.63, 3.8) is 0 Å². The lowest BCUT2D eigenvalue weighted by atomic mass is 10.1. The normalized spacial score (nSPS) is 30.0. The lowest BCUT2D eigenvalue weighted by Crippen LogP contribution is -2.36. The van der Waals surface area contributed by atoms with E-state index in [1.54, 1.807) is 0 Å². The van der Waals surface area contributed by atoms with E-state index in [2.05, 4.69) is 0 Å². The molecule has 0 spiro atoms. The SMILES string of the molecule is O=C1C(=O)C(O)C(C(F)(F)F)C1=O. The number of aliphatic hydroxyl groups is 1. The average Bonchev–Trinajstić information content (AvgIpc) is 2.14. The van der Waals surface area contributed by atoms with Gasteiger partial charge in [0.2, 0.25) is 11.6 Å². The lowest BCUT2D eigenvalue weighted by molar-refractivity contribution is -0.194. The van der Waals surface area contributed by atoms with Gasteiger partial charge in [0.15, 0.2) is 5.92 Å². The molecule has 0 aliphatic heterocycles. The summed E-state index contributed by atoms with van der Waals surface area (Å²) in [5.74, 6) is -8.24. The topological polar surface area (TPSA) is 71.4 Å². The minimum Gasteiger partial charge on any atom is -0.384 e. The number of carbonyl (C=O) groups is 3. The Hall–Kier alpha value is -1.24. The third kappa shape index (κ3) is 1.35. The van der Waals surface area contributed by atoms with E-state index >= 15 is 0 Å². The number of Topliss-reactive ketones (excluding diaryl/α,β-unsaturated/α-hetero) is 3. The average molecular weight is 196 g/mol. The van der Waals surface area contributed by atoms with Crippen LogP contribution in [-0.2, 0) is 14.4 Å². The number of alkyl halides is 3. The Morgan fingerprint density at radius 2 is 1.54 bits per heavy atom. The molecule has 0 radical (unpaired) electrons. The van der Waals surface area contributed by atoms with E-state index in [1.807, 2.05) is 0 Å². The Morgan fingerprint density at radius 3 is 1.69 bits per heavy atom. The summed E-state index contributed by atoms with van der Waals surface area (Å²) < 4.78 is 35.8. The van der Waals surface area contributed by atoms with Gasteiger partial charge in [-0.25, -0.2) is 0 Å². The molecule has 4 nitrogen and oxygen atoms in total. The van der Waals surface area contributed by atoms with Crippen LogP contribution in [0.5, 0.6) is 0 Å². The fraction of sp³-hybridized carbons (Fsp3) is 0.500. The Balaban J connectivity index is 3.09. The van der Waals surface area contributed by atoms with Crippen molar-refractivity contribution in [3.8, 4) is 0 Å². The van der Waals surface area contributed by atoms with Crippen LogP contribution in [0, 0.1) is 5.92 Å². The van der Waals surface area contributed by atoms with Crippen molar-refractivity contribution in [1.82, 2.24) is 0 Å². The van der Waals surface area contributed by atoms with Gasteiger partial charge in [-0.05, 0) is 0 Å². The van der Waals surface area contributed by atoms with Crippen LogP contribution in [0.25, 0.3) is 0 Å². The van der Waals surface area contributed by atoms with Gasteiger partial charge < -0.3 is 5.11 Å². The van der Waals surface area contributed by atoms with E-state index in [0.717, 1.165) is 0 Å². The molecule has 1 rings (SSSR count). The van der Waals surface area contributed by atoms with Gasteiger partial charge in [-0.15, -0.1) is 0 Å². The van der Waals surface area contributed by atoms with E-state index in [-0.39, 0.29) is 0 Å². The maximum atomic E-state index is 11.9. The fourth-order valence-electron chi connectivity index (χ4n) is 1.02. The quantitative estimate of drug-likeness (QED) is 0.517. The van der Waals surface area contributed by atoms with Crippen molar-refractivity contribution in [1.29, 1.82) is 0 Å². The van der Waals surface area contributed by atoms with Crippen LogP contribution >= 0.6 is 0 Å². The lowest BCUT2D eigenvalue weighted by Gasteiger charge is -2.13. The highest BCUT2D eigenvalue weighted by molar-refractivity contribution is 6.68. The smallest absolute Gasteiger partial charge is 0.384 e. The third-order valence-corrected chi connectivity index (χ3v) is 1.67. The summed E-state index contributed by atoms with van der Waals surface area (Å²) in [5.41, 5.74) is 0. The fourth-order valence-corrected chi connectivity index (χ4v) is 1.02. The van der Waals surface area contributed by atoms with E-state index in [4.69, 9.17) is 5.11 Å². The largest absolute Gasteiger partial charge is 0.402 e. The zero-order chi connectivity index (χ0) is 10.4. The standard InChI is InChI=1S/C6H3F3O4/c7-6(8,9)1-2(10)4(12)5(13)3(1)11/h1-2,10H. The molecule has 0 heterocycles. The summed E-state index contributed by atoms with van der Waals surface area (Å²) in [6.45, 7) is 0. The molecule has 0 saturated heterocycles. The molecular weight excluding hydrogens is 193 g/mol. The highest BCUT2D eigenvalue weighted by Gasteiger charge is 2.60. The first-order valence-electron chi connectivity index (χ1n) is 3.14. The second-order valence-electron chi connectivity index (χ2n) is 2.52. The van der Waals surface area contributed by atoms with Gasteiger partial charge in [0.05, 0.1) is 0 Å². The van der Waals surface area contributed by atoms with Gasteiger partial charge in [0, 0.05) is 0 Å². The van der Waals surface area contributed by atoms with Crippen LogP contribution in [0.4, 0.5) is 13.2 Å². The summed E-state index contributed by atoms with van der Waals surface area (Å²) in [7, 11) is 0. The van der Waals surface area contributed by atoms with Gasteiger partial charge >= 0.3 is 6.18 Å². The maximum absolute atomic E-state index is 11.9. The van der Waals surface area contributed by atoms with Crippen LogP contribution in [0.2, 0.25) is 0 Å². The maximum Gasteiger partial charge on any atom is 0.402 e. The molecule has 2 unspecified atom stereocenters. The first kappa shape index (κ1) is 9.85. The number of hydrogen-bond donors (Lipinski definition) is 1. The number of rotatable bonds is 0. The van der Waals surface area contributed by atoms with E-state index < -0.39 is 35.5 Å². The molecule has 2 atom stereocenters. The zero-order valence-corrected chi connectivity index (χ0v) is 5.96. The molecule has 0 amide bonds. The second kappa shape index (κ2) is 2.63. The van der Waals surface area contributed by atoms with Crippen LogP contribution in [0.15, 0.2) is 0 Å². The molecule has 72 valence electrons. The predicted molar refractivity (Wildman–Crippen MR) is 30.6 cm³/mol. The first-order valence-corrected chi connectivity index (χ1v) is 3.14. The monoisotopic (exact) mass is 196 g/mol. The molecule has 7 heteroatoms. The van der Waals surface area contributed by atoms with Crippen molar-refractivity contribution in [2.75, 3.05) is 0 Å². The Kier molecular flexibility index (Phi) is 1.99. The van der Waals surface area contributed by atoms with Crippen LogP contribution in [-0.4, -0.2) is 34.7 Å². The Bertz CT molecular complexity index is 293. The molecule has 0 bridgehead atoms. The van der Waals surface area contributed by atoms with Crippen molar-refractivity contribution >= 4 is 17.3 Å². The van der Waals surface area contributed by atoms with Crippen molar-refractivity contribution in [2.45, 2.75) is 12.3 Å². The number of ketones is 3. The summed E-state index contributed by atoms with van der Waals surface area (Å²) >= 11 is 0. The number of hydrogen-bond acceptors (Lipinski definition) is 4.